The van der Waals surface area contributed by atoms with E-state index in [9.17, 15) is 13.2 Å². The van der Waals surface area contributed by atoms with Gasteiger partial charge in [-0.2, -0.15) is 0 Å². The fourth-order valence-corrected chi connectivity index (χ4v) is 5.10. The van der Waals surface area contributed by atoms with Crippen LogP contribution in [0.4, 0.5) is 0 Å². The molecule has 1 aromatic carbocycles. The van der Waals surface area contributed by atoms with Crippen molar-refractivity contribution in [3.8, 4) is 0 Å². The molecule has 0 bridgehead atoms. The number of ether oxygens (including phenoxy) is 1. The van der Waals surface area contributed by atoms with Crippen molar-refractivity contribution in [2.45, 2.75) is 70.1 Å². The van der Waals surface area contributed by atoms with Gasteiger partial charge in [-0.25, -0.2) is 13.4 Å². The minimum atomic E-state index is -3.65. The van der Waals surface area contributed by atoms with Crippen LogP contribution in [0.15, 0.2) is 41.7 Å². The van der Waals surface area contributed by atoms with Crippen LogP contribution in [0.1, 0.15) is 51.3 Å². The summed E-state index contributed by atoms with van der Waals surface area (Å²) in [6, 6.07) is 9.31. The lowest BCUT2D eigenvalue weighted by Gasteiger charge is -2.27. The second kappa shape index (κ2) is 9.53. The summed E-state index contributed by atoms with van der Waals surface area (Å²) in [5, 5.41) is 0.0300. The molecule has 2 aromatic rings. The first-order chi connectivity index (χ1) is 14.6. The van der Waals surface area contributed by atoms with E-state index in [0.29, 0.717) is 31.7 Å². The molecule has 31 heavy (non-hydrogen) atoms. The largest absolute Gasteiger partial charge is 0.383 e. The first-order valence-electron chi connectivity index (χ1n) is 10.7. The smallest absolute Gasteiger partial charge is 0.228 e. The Morgan fingerprint density at radius 2 is 1.90 bits per heavy atom. The molecule has 0 spiro atoms. The molecule has 3 rings (SSSR count). The van der Waals surface area contributed by atoms with Crippen molar-refractivity contribution in [3.05, 3.63) is 47.8 Å². The fraction of sp³-hybridized carbons (Fsp3) is 0.565. The second-order valence-corrected chi connectivity index (χ2v) is 11.3. The van der Waals surface area contributed by atoms with Crippen molar-refractivity contribution in [3.63, 3.8) is 0 Å². The summed E-state index contributed by atoms with van der Waals surface area (Å²) in [4.78, 5) is 19.1. The highest BCUT2D eigenvalue weighted by molar-refractivity contribution is 7.90. The molecule has 1 aliphatic rings. The van der Waals surface area contributed by atoms with Gasteiger partial charge in [0.1, 0.15) is 0 Å². The molecule has 7 nitrogen and oxygen atoms in total. The van der Waals surface area contributed by atoms with Crippen molar-refractivity contribution < 1.29 is 17.9 Å². The highest BCUT2D eigenvalue weighted by Crippen LogP contribution is 2.32. The zero-order chi connectivity index (χ0) is 22.6. The molecule has 170 valence electrons. The van der Waals surface area contributed by atoms with Crippen LogP contribution in [0.3, 0.4) is 0 Å². The molecule has 1 aromatic heterocycles. The van der Waals surface area contributed by atoms with E-state index in [0.717, 1.165) is 18.5 Å². The van der Waals surface area contributed by atoms with Crippen molar-refractivity contribution in [1.29, 1.82) is 0 Å². The van der Waals surface area contributed by atoms with Gasteiger partial charge in [0.25, 0.3) is 0 Å². The van der Waals surface area contributed by atoms with Gasteiger partial charge in [-0.1, -0.05) is 51.1 Å². The summed E-state index contributed by atoms with van der Waals surface area (Å²) in [5.74, 6) is -0.0183. The molecule has 0 saturated heterocycles. The third-order valence-electron chi connectivity index (χ3n) is 5.22. The Balaban J connectivity index is 1.88. The summed E-state index contributed by atoms with van der Waals surface area (Å²) < 4.78 is 33.2. The summed E-state index contributed by atoms with van der Waals surface area (Å²) in [6.45, 7) is 7.22. The van der Waals surface area contributed by atoms with Gasteiger partial charge in [0.05, 0.1) is 30.8 Å². The number of carbonyl (C=O) groups is 1. The summed E-state index contributed by atoms with van der Waals surface area (Å²) in [7, 11) is -2.07. The molecule has 1 amide bonds. The number of carbonyl (C=O) groups excluding carboxylic acids is 1. The standard InChI is InChI=1S/C23H33N3O4S/c1-23(2,3)14-21(27)26(19-10-11-19)16-20-15-24-22(25(20)12-13-30-4)31(28,29)17-18-8-6-5-7-9-18/h5-9,15,19H,10-14,16-17H2,1-4H3. The minimum absolute atomic E-state index is 0.0300. The van der Waals surface area contributed by atoms with Crippen molar-refractivity contribution >= 4 is 15.7 Å². The molecule has 1 heterocycles. The van der Waals surface area contributed by atoms with E-state index in [-0.39, 0.29) is 28.3 Å². The Hall–Kier alpha value is -2.19. The molecule has 0 N–H and O–H groups in total. The molecule has 0 aliphatic heterocycles. The normalized spacial score (nSPS) is 14.6. The van der Waals surface area contributed by atoms with Crippen LogP contribution in [0.5, 0.6) is 0 Å². The summed E-state index contributed by atoms with van der Waals surface area (Å²) >= 11 is 0. The van der Waals surface area contributed by atoms with Crippen LogP contribution in [0, 0.1) is 5.41 Å². The predicted octanol–water partition coefficient (Wildman–Crippen LogP) is 3.43. The molecule has 1 saturated carbocycles. The van der Waals surface area contributed by atoms with E-state index < -0.39 is 9.84 Å². The number of benzene rings is 1. The van der Waals surface area contributed by atoms with Crippen molar-refractivity contribution in [2.75, 3.05) is 13.7 Å². The predicted molar refractivity (Wildman–Crippen MR) is 119 cm³/mol. The van der Waals surface area contributed by atoms with Gasteiger partial charge in [-0.05, 0) is 23.8 Å². The average molecular weight is 448 g/mol. The lowest BCUT2D eigenvalue weighted by molar-refractivity contribution is -0.134. The maximum Gasteiger partial charge on any atom is 0.228 e. The highest BCUT2D eigenvalue weighted by atomic mass is 32.2. The van der Waals surface area contributed by atoms with Crippen molar-refractivity contribution in [2.24, 2.45) is 5.41 Å². The molecular weight excluding hydrogens is 414 g/mol. The van der Waals surface area contributed by atoms with E-state index in [1.165, 1.54) is 0 Å². The average Bonchev–Trinajstić information content (AvgIpc) is 3.43. The third-order valence-corrected chi connectivity index (χ3v) is 6.82. The Morgan fingerprint density at radius 3 is 2.48 bits per heavy atom. The van der Waals surface area contributed by atoms with Crippen LogP contribution in [-0.4, -0.2) is 48.5 Å². The lowest BCUT2D eigenvalue weighted by Crippen LogP contribution is -2.35. The van der Waals surface area contributed by atoms with Crippen LogP contribution >= 0.6 is 0 Å². The van der Waals surface area contributed by atoms with Crippen LogP contribution in [0.25, 0.3) is 0 Å². The van der Waals surface area contributed by atoms with Crippen molar-refractivity contribution in [1.82, 2.24) is 14.5 Å². The maximum absolute atomic E-state index is 13.1. The Labute approximate surface area is 185 Å². The molecule has 0 radical (unpaired) electrons. The topological polar surface area (TPSA) is 81.5 Å². The third kappa shape index (κ3) is 6.40. The number of rotatable bonds is 10. The Kier molecular flexibility index (Phi) is 7.21. The summed E-state index contributed by atoms with van der Waals surface area (Å²) in [6.07, 6.45) is 4.02. The number of nitrogens with zero attached hydrogens (tertiary/aromatic N) is 3. The molecule has 0 atom stereocenters. The van der Waals surface area contributed by atoms with Crippen LogP contribution in [0.2, 0.25) is 0 Å². The van der Waals surface area contributed by atoms with E-state index in [4.69, 9.17) is 4.74 Å². The first kappa shape index (κ1) is 23.5. The Bertz CT molecular complexity index is 990. The first-order valence-corrected chi connectivity index (χ1v) is 12.4. The van der Waals surface area contributed by atoms with Gasteiger partial charge < -0.3 is 14.2 Å². The number of methoxy groups -OCH3 is 1. The van der Waals surface area contributed by atoms with E-state index in [1.807, 2.05) is 43.9 Å². The highest BCUT2D eigenvalue weighted by Gasteiger charge is 2.35. The lowest BCUT2D eigenvalue weighted by atomic mass is 9.91. The molecule has 1 aliphatic carbocycles. The quantitative estimate of drug-likeness (QED) is 0.557. The molecular formula is C23H33N3O4S. The van der Waals surface area contributed by atoms with Gasteiger partial charge in [0.2, 0.25) is 20.9 Å². The molecule has 1 fully saturated rings. The molecule has 8 heteroatoms. The van der Waals surface area contributed by atoms with E-state index >= 15 is 0 Å². The zero-order valence-corrected chi connectivity index (χ0v) is 19.7. The number of hydrogen-bond acceptors (Lipinski definition) is 5. The van der Waals surface area contributed by atoms with Gasteiger partial charge in [0.15, 0.2) is 0 Å². The summed E-state index contributed by atoms with van der Waals surface area (Å²) in [5.41, 5.74) is 1.33. The van der Waals surface area contributed by atoms with Gasteiger partial charge in [-0.3, -0.25) is 4.79 Å². The Morgan fingerprint density at radius 1 is 1.23 bits per heavy atom. The van der Waals surface area contributed by atoms with E-state index in [2.05, 4.69) is 4.98 Å². The number of imidazole rings is 1. The number of aromatic nitrogens is 2. The monoisotopic (exact) mass is 447 g/mol. The van der Waals surface area contributed by atoms with Crippen LogP contribution < -0.4 is 0 Å². The minimum Gasteiger partial charge on any atom is -0.383 e. The fourth-order valence-electron chi connectivity index (χ4n) is 3.58. The van der Waals surface area contributed by atoms with Gasteiger partial charge in [-0.15, -0.1) is 0 Å². The number of hydrogen-bond donors (Lipinski definition) is 0. The molecule has 0 unspecified atom stereocenters. The van der Waals surface area contributed by atoms with E-state index in [1.54, 1.807) is 30.0 Å². The number of sulfone groups is 1. The SMILES string of the molecule is COCCn1c(CN(C(=O)CC(C)(C)C)C2CC2)cnc1S(=O)(=O)Cc1ccccc1. The second-order valence-electron chi connectivity index (χ2n) is 9.41. The van der Waals surface area contributed by atoms with Gasteiger partial charge >= 0.3 is 0 Å². The zero-order valence-electron chi connectivity index (χ0n) is 18.9. The van der Waals surface area contributed by atoms with Crippen LogP contribution in [-0.2, 0) is 38.2 Å². The number of amides is 1. The maximum atomic E-state index is 13.1. The van der Waals surface area contributed by atoms with Gasteiger partial charge in [0, 0.05) is 26.1 Å².